The van der Waals surface area contributed by atoms with E-state index >= 15 is 0 Å². The van der Waals surface area contributed by atoms with Gasteiger partial charge in [-0.25, -0.2) is 4.79 Å². The monoisotopic (exact) mass is 583 g/mol. The highest BCUT2D eigenvalue weighted by molar-refractivity contribution is 6.10. The van der Waals surface area contributed by atoms with E-state index in [1.165, 1.54) is 15.9 Å². The topological polar surface area (TPSA) is 101 Å². The van der Waals surface area contributed by atoms with Gasteiger partial charge in [0.05, 0.1) is 23.6 Å². The molecule has 12 heteroatoms. The van der Waals surface area contributed by atoms with Crippen LogP contribution in [0.5, 0.6) is 0 Å². The van der Waals surface area contributed by atoms with Crippen LogP contribution in [0.1, 0.15) is 77.5 Å². The number of anilines is 1. The molecule has 3 aliphatic rings. The van der Waals surface area contributed by atoms with E-state index in [-0.39, 0.29) is 35.9 Å². The lowest BCUT2D eigenvalue weighted by molar-refractivity contribution is -0.138. The van der Waals surface area contributed by atoms with Gasteiger partial charge in [0.1, 0.15) is 12.2 Å². The maximum atomic E-state index is 14.3. The van der Waals surface area contributed by atoms with E-state index in [1.54, 1.807) is 32.5 Å². The van der Waals surface area contributed by atoms with Crippen LogP contribution in [0.25, 0.3) is 0 Å². The van der Waals surface area contributed by atoms with Crippen LogP contribution in [0, 0.1) is 0 Å². The molecule has 2 fully saturated rings. The number of rotatable bonds is 7. The number of methoxy groups -OCH3 is 1. The standard InChI is InChI=1S/C30H32F3N5O4/c1-28(8-5-9-28)38(27(40)41)15-18-10-22-23(24(11-18)30(31,32)33)16-37(25(22)39)20-7-4-6-19(12-20)29(13-21(14-29)42-3)26-35-34-17-36(26)2/h4,6-7,10-12,17,21H,5,8-9,13-16H2,1-3H3,(H,40,41)/t21-,29+. The van der Waals surface area contributed by atoms with Crippen LogP contribution in [0.4, 0.5) is 23.7 Å². The number of aryl methyl sites for hydroxylation is 1. The van der Waals surface area contributed by atoms with Crippen LogP contribution in [0.3, 0.4) is 0 Å². The minimum absolute atomic E-state index is 0.0170. The van der Waals surface area contributed by atoms with Gasteiger partial charge in [0.25, 0.3) is 5.91 Å². The van der Waals surface area contributed by atoms with Gasteiger partial charge < -0.3 is 19.3 Å². The molecule has 0 radical (unpaired) electrons. The maximum Gasteiger partial charge on any atom is 0.416 e. The summed E-state index contributed by atoms with van der Waals surface area (Å²) in [5, 5.41) is 18.2. The summed E-state index contributed by atoms with van der Waals surface area (Å²) in [7, 11) is 3.51. The molecule has 0 atom stereocenters. The summed E-state index contributed by atoms with van der Waals surface area (Å²) >= 11 is 0. The van der Waals surface area contributed by atoms with Gasteiger partial charge in [0, 0.05) is 37.5 Å². The molecule has 42 heavy (non-hydrogen) atoms. The van der Waals surface area contributed by atoms with Gasteiger partial charge in [-0.2, -0.15) is 13.2 Å². The number of hydrogen-bond acceptors (Lipinski definition) is 5. The van der Waals surface area contributed by atoms with Crippen LogP contribution < -0.4 is 4.90 Å². The summed E-state index contributed by atoms with van der Waals surface area (Å²) < 4.78 is 50.4. The SMILES string of the molecule is CO[C@H]1C[C@@](c2cccc(N3Cc4c(cc(CN(C(=O)O)C5(C)CCC5)cc4C(F)(F)F)C3=O)c2)(c2nncn2C)C1. The highest BCUT2D eigenvalue weighted by Crippen LogP contribution is 2.50. The fourth-order valence-corrected chi connectivity index (χ4v) is 6.77. The van der Waals surface area contributed by atoms with Crippen molar-refractivity contribution in [1.29, 1.82) is 0 Å². The molecule has 3 aromatic rings. The second-order valence-electron chi connectivity index (χ2n) is 11.9. The lowest BCUT2D eigenvalue weighted by atomic mass is 9.62. The summed E-state index contributed by atoms with van der Waals surface area (Å²) in [6.07, 6.45) is -0.849. The lowest BCUT2D eigenvalue weighted by Crippen LogP contribution is -2.53. The number of aromatic nitrogens is 3. The number of halogens is 3. The van der Waals surface area contributed by atoms with E-state index < -0.39 is 34.7 Å². The molecule has 2 aromatic carbocycles. The third kappa shape index (κ3) is 4.43. The molecule has 1 aliphatic heterocycles. The largest absolute Gasteiger partial charge is 0.465 e. The van der Waals surface area contributed by atoms with Crippen molar-refractivity contribution in [2.75, 3.05) is 12.0 Å². The number of carbonyl (C=O) groups is 2. The Morgan fingerprint density at radius 3 is 2.52 bits per heavy atom. The number of carbonyl (C=O) groups excluding carboxylic acids is 1. The Morgan fingerprint density at radius 2 is 1.95 bits per heavy atom. The zero-order valence-corrected chi connectivity index (χ0v) is 23.6. The second kappa shape index (κ2) is 9.82. The lowest BCUT2D eigenvalue weighted by Gasteiger charge is -2.46. The van der Waals surface area contributed by atoms with Crippen LogP contribution >= 0.6 is 0 Å². The highest BCUT2D eigenvalue weighted by atomic mass is 19.4. The van der Waals surface area contributed by atoms with Gasteiger partial charge in [-0.1, -0.05) is 12.1 Å². The van der Waals surface area contributed by atoms with Crippen molar-refractivity contribution >= 4 is 17.7 Å². The molecule has 2 aliphatic carbocycles. The van der Waals surface area contributed by atoms with E-state index in [0.717, 1.165) is 23.9 Å². The first kappa shape index (κ1) is 28.2. The van der Waals surface area contributed by atoms with Crippen molar-refractivity contribution in [3.8, 4) is 0 Å². The second-order valence-corrected chi connectivity index (χ2v) is 11.9. The first-order valence-corrected chi connectivity index (χ1v) is 13.9. The number of fused-ring (bicyclic) bond motifs is 1. The first-order valence-electron chi connectivity index (χ1n) is 13.9. The molecule has 2 saturated carbocycles. The van der Waals surface area contributed by atoms with Crippen molar-refractivity contribution in [2.24, 2.45) is 7.05 Å². The average molecular weight is 584 g/mol. The van der Waals surface area contributed by atoms with E-state index in [0.29, 0.717) is 31.4 Å². The average Bonchev–Trinajstić information content (AvgIpc) is 3.48. The molecule has 2 amide bonds. The number of nitrogens with zero attached hydrogens (tertiary/aromatic N) is 5. The summed E-state index contributed by atoms with van der Waals surface area (Å²) in [6, 6.07) is 9.68. The molecule has 0 saturated heterocycles. The maximum absolute atomic E-state index is 14.3. The van der Waals surface area contributed by atoms with Crippen molar-refractivity contribution in [2.45, 2.75) is 75.4 Å². The summed E-state index contributed by atoms with van der Waals surface area (Å²) in [5.41, 5.74) is -0.743. The van der Waals surface area contributed by atoms with Crippen molar-refractivity contribution in [3.63, 3.8) is 0 Å². The van der Waals surface area contributed by atoms with Crippen molar-refractivity contribution < 1.29 is 32.6 Å². The predicted octanol–water partition coefficient (Wildman–Crippen LogP) is 5.51. The van der Waals surface area contributed by atoms with Crippen molar-refractivity contribution in [3.05, 3.63) is 76.4 Å². The molecule has 0 spiro atoms. The van der Waals surface area contributed by atoms with Crippen LogP contribution in [-0.4, -0.2) is 55.5 Å². The summed E-state index contributed by atoms with van der Waals surface area (Å²) in [6.45, 7) is 1.32. The number of alkyl halides is 3. The zero-order chi connectivity index (χ0) is 30.0. The van der Waals surface area contributed by atoms with E-state index in [4.69, 9.17) is 4.74 Å². The molecule has 0 unspecified atom stereocenters. The molecule has 222 valence electrons. The number of benzene rings is 2. The molecule has 2 heterocycles. The Balaban J connectivity index is 1.36. The predicted molar refractivity (Wildman–Crippen MR) is 146 cm³/mol. The fourth-order valence-electron chi connectivity index (χ4n) is 6.77. The summed E-state index contributed by atoms with van der Waals surface area (Å²) in [5.74, 6) is 0.193. The summed E-state index contributed by atoms with van der Waals surface area (Å²) in [4.78, 5) is 28.3. The minimum atomic E-state index is -4.72. The molecule has 9 nitrogen and oxygen atoms in total. The fraction of sp³-hybridized carbons (Fsp3) is 0.467. The van der Waals surface area contributed by atoms with Gasteiger partial charge in [-0.3, -0.25) is 9.69 Å². The quantitative estimate of drug-likeness (QED) is 0.394. The van der Waals surface area contributed by atoms with Crippen LogP contribution in [0.15, 0.2) is 42.7 Å². The number of carboxylic acid groups (broad SMARTS) is 1. The van der Waals surface area contributed by atoms with Gasteiger partial charge in [-0.05, 0) is 80.0 Å². The number of ether oxygens (including phenoxy) is 1. The Bertz CT molecular complexity index is 1560. The van der Waals surface area contributed by atoms with Gasteiger partial charge in [-0.15, -0.1) is 10.2 Å². The van der Waals surface area contributed by atoms with E-state index in [1.807, 2.05) is 23.7 Å². The first-order chi connectivity index (χ1) is 19.9. The third-order valence-corrected chi connectivity index (χ3v) is 9.40. The number of amides is 2. The van der Waals surface area contributed by atoms with Gasteiger partial charge in [0.2, 0.25) is 0 Å². The number of hydrogen-bond donors (Lipinski definition) is 1. The zero-order valence-electron chi connectivity index (χ0n) is 23.6. The Morgan fingerprint density at radius 1 is 1.21 bits per heavy atom. The molecular weight excluding hydrogens is 551 g/mol. The van der Waals surface area contributed by atoms with Crippen molar-refractivity contribution in [1.82, 2.24) is 19.7 Å². The van der Waals surface area contributed by atoms with Crippen LogP contribution in [-0.2, 0) is 36.5 Å². The Kier molecular flexibility index (Phi) is 6.60. The minimum Gasteiger partial charge on any atom is -0.465 e. The normalized spacial score (nSPS) is 22.9. The molecule has 6 rings (SSSR count). The Hall–Kier alpha value is -3.93. The molecule has 1 N–H and O–H groups in total. The molecule has 0 bridgehead atoms. The van der Waals surface area contributed by atoms with E-state index in [9.17, 15) is 27.9 Å². The van der Waals surface area contributed by atoms with Crippen LogP contribution in [0.2, 0.25) is 0 Å². The molecular formula is C30H32F3N5O4. The highest BCUT2D eigenvalue weighted by Gasteiger charge is 2.51. The van der Waals surface area contributed by atoms with Gasteiger partial charge >= 0.3 is 12.3 Å². The third-order valence-electron chi connectivity index (χ3n) is 9.40. The van der Waals surface area contributed by atoms with Gasteiger partial charge in [0.15, 0.2) is 0 Å². The Labute approximate surface area is 240 Å². The van der Waals surface area contributed by atoms with E-state index in [2.05, 4.69) is 10.2 Å². The smallest absolute Gasteiger partial charge is 0.416 e. The molecule has 1 aromatic heterocycles.